The van der Waals surface area contributed by atoms with Gasteiger partial charge in [-0.05, 0) is 70.2 Å². The van der Waals surface area contributed by atoms with E-state index in [0.29, 0.717) is 24.1 Å². The van der Waals surface area contributed by atoms with E-state index in [4.69, 9.17) is 4.74 Å². The van der Waals surface area contributed by atoms with Gasteiger partial charge in [-0.2, -0.15) is 0 Å². The lowest BCUT2D eigenvalue weighted by atomic mass is 9.93. The summed E-state index contributed by atoms with van der Waals surface area (Å²) in [5.41, 5.74) is 2.87. The third kappa shape index (κ3) is 4.48. The number of phenols is 1. The van der Waals surface area contributed by atoms with E-state index in [1.165, 1.54) is 18.1 Å². The number of carbonyl (C=O) groups excluding carboxylic acids is 2. The first-order valence-corrected chi connectivity index (χ1v) is 10.5. The molecule has 7 heteroatoms. The van der Waals surface area contributed by atoms with E-state index in [1.807, 2.05) is 45.0 Å². The van der Waals surface area contributed by atoms with Crippen molar-refractivity contribution < 1.29 is 24.5 Å². The van der Waals surface area contributed by atoms with E-state index in [0.717, 1.165) is 17.7 Å². The molecule has 1 unspecified atom stereocenters. The van der Waals surface area contributed by atoms with Crippen LogP contribution >= 0.6 is 0 Å². The topological polar surface area (TPSA) is 90.3 Å². The van der Waals surface area contributed by atoms with Crippen molar-refractivity contribution in [3.63, 3.8) is 0 Å². The van der Waals surface area contributed by atoms with E-state index in [9.17, 15) is 19.8 Å². The molecule has 0 aromatic heterocycles. The number of rotatable bonds is 7. The molecule has 1 atom stereocenters. The maximum absolute atomic E-state index is 13.1. The van der Waals surface area contributed by atoms with Crippen LogP contribution in [0.15, 0.2) is 42.0 Å². The summed E-state index contributed by atoms with van der Waals surface area (Å²) < 4.78 is 5.24. The fraction of sp³-hybridized carbons (Fsp3) is 0.360. The number of aliphatic hydroxyl groups excluding tert-OH is 1. The van der Waals surface area contributed by atoms with Gasteiger partial charge in [0, 0.05) is 12.1 Å². The van der Waals surface area contributed by atoms with Crippen LogP contribution in [-0.2, 0) is 9.59 Å². The van der Waals surface area contributed by atoms with Crippen molar-refractivity contribution in [2.45, 2.75) is 26.3 Å². The van der Waals surface area contributed by atoms with Crippen LogP contribution in [-0.4, -0.2) is 66.0 Å². The second-order valence-corrected chi connectivity index (χ2v) is 8.40. The Hall–Kier alpha value is -3.32. The summed E-state index contributed by atoms with van der Waals surface area (Å²) in [4.78, 5) is 29.6. The predicted molar refractivity (Wildman–Crippen MR) is 123 cm³/mol. The first kappa shape index (κ1) is 23.3. The lowest BCUT2D eigenvalue weighted by Crippen LogP contribution is -2.32. The van der Waals surface area contributed by atoms with Crippen LogP contribution in [0, 0.1) is 13.8 Å². The highest BCUT2D eigenvalue weighted by atomic mass is 16.5. The molecule has 7 nitrogen and oxygen atoms in total. The van der Waals surface area contributed by atoms with Crippen LogP contribution in [0.4, 0.5) is 0 Å². The number of phenolic OH excluding ortho intramolecular Hbond substituents is 1. The van der Waals surface area contributed by atoms with E-state index >= 15 is 0 Å². The van der Waals surface area contributed by atoms with Crippen LogP contribution in [0.25, 0.3) is 5.76 Å². The Labute approximate surface area is 188 Å². The van der Waals surface area contributed by atoms with Gasteiger partial charge in [0.15, 0.2) is 11.5 Å². The zero-order valence-corrected chi connectivity index (χ0v) is 19.2. The Kier molecular flexibility index (Phi) is 6.89. The summed E-state index contributed by atoms with van der Waals surface area (Å²) in [6, 6.07) is 9.52. The first-order valence-electron chi connectivity index (χ1n) is 10.5. The summed E-state index contributed by atoms with van der Waals surface area (Å²) in [7, 11) is 5.32. The molecule has 1 saturated heterocycles. The lowest BCUT2D eigenvalue weighted by Gasteiger charge is -2.26. The van der Waals surface area contributed by atoms with Gasteiger partial charge in [-0.1, -0.05) is 23.8 Å². The predicted octanol–water partition coefficient (Wildman–Crippen LogP) is 3.39. The first-order chi connectivity index (χ1) is 15.1. The van der Waals surface area contributed by atoms with Gasteiger partial charge in [-0.25, -0.2) is 0 Å². The van der Waals surface area contributed by atoms with Gasteiger partial charge in [0.25, 0.3) is 11.7 Å². The smallest absolute Gasteiger partial charge is 0.295 e. The molecule has 1 fully saturated rings. The van der Waals surface area contributed by atoms with Gasteiger partial charge in [-0.15, -0.1) is 0 Å². The van der Waals surface area contributed by atoms with Crippen molar-refractivity contribution in [2.24, 2.45) is 0 Å². The van der Waals surface area contributed by atoms with Crippen LogP contribution in [0.2, 0.25) is 0 Å². The highest BCUT2D eigenvalue weighted by Crippen LogP contribution is 2.42. The molecular weight excluding hydrogens is 408 g/mol. The number of ketones is 1. The Morgan fingerprint density at radius 3 is 2.50 bits per heavy atom. The fourth-order valence-electron chi connectivity index (χ4n) is 4.01. The summed E-state index contributed by atoms with van der Waals surface area (Å²) in [5.74, 6) is -1.38. The average molecular weight is 439 g/mol. The number of ether oxygens (including phenoxy) is 1. The van der Waals surface area contributed by atoms with Crippen molar-refractivity contribution >= 4 is 17.4 Å². The molecule has 0 aliphatic carbocycles. The van der Waals surface area contributed by atoms with Crippen molar-refractivity contribution in [2.75, 3.05) is 34.3 Å². The van der Waals surface area contributed by atoms with Crippen LogP contribution in [0.3, 0.4) is 0 Å². The molecule has 0 radical (unpaired) electrons. The summed E-state index contributed by atoms with van der Waals surface area (Å²) in [6.45, 7) is 4.84. The molecule has 0 spiro atoms. The number of hydrogen-bond acceptors (Lipinski definition) is 6. The molecule has 1 aliphatic rings. The molecular formula is C25H30N2O5. The van der Waals surface area contributed by atoms with Crippen LogP contribution in [0.5, 0.6) is 11.5 Å². The van der Waals surface area contributed by atoms with Crippen LogP contribution in [0.1, 0.15) is 34.7 Å². The largest absolute Gasteiger partial charge is 0.507 e. The summed E-state index contributed by atoms with van der Waals surface area (Å²) in [5, 5.41) is 21.3. The summed E-state index contributed by atoms with van der Waals surface area (Å²) >= 11 is 0. The van der Waals surface area contributed by atoms with Crippen molar-refractivity contribution in [3.05, 3.63) is 64.2 Å². The lowest BCUT2D eigenvalue weighted by molar-refractivity contribution is -0.139. The number of aliphatic hydroxyl groups is 1. The number of nitrogens with zero attached hydrogens (tertiary/aromatic N) is 2. The SMILES string of the molecule is COc1cc(C2/C(=C(/O)c3cc(C)ccc3C)C(=O)C(=O)N2CCCN(C)C)ccc1O. The van der Waals surface area contributed by atoms with E-state index in [1.54, 1.807) is 18.2 Å². The highest BCUT2D eigenvalue weighted by Gasteiger charge is 2.46. The Bertz CT molecular complexity index is 1070. The number of hydrogen-bond donors (Lipinski definition) is 2. The molecule has 1 amide bonds. The number of likely N-dealkylation sites (tertiary alicyclic amines) is 1. The van der Waals surface area contributed by atoms with E-state index in [-0.39, 0.29) is 22.8 Å². The molecule has 2 N–H and O–H groups in total. The van der Waals surface area contributed by atoms with Crippen molar-refractivity contribution in [3.8, 4) is 11.5 Å². The quantitative estimate of drug-likeness (QED) is 0.391. The normalized spacial score (nSPS) is 17.9. The minimum atomic E-state index is -0.786. The minimum Gasteiger partial charge on any atom is -0.507 e. The molecule has 32 heavy (non-hydrogen) atoms. The second-order valence-electron chi connectivity index (χ2n) is 8.40. The molecule has 2 aromatic carbocycles. The fourth-order valence-corrected chi connectivity index (χ4v) is 4.01. The molecule has 3 rings (SSSR count). The third-order valence-corrected chi connectivity index (χ3v) is 5.71. The maximum atomic E-state index is 13.1. The third-order valence-electron chi connectivity index (χ3n) is 5.71. The van der Waals surface area contributed by atoms with Gasteiger partial charge in [0.05, 0.1) is 18.7 Å². The van der Waals surface area contributed by atoms with Gasteiger partial charge in [0.1, 0.15) is 5.76 Å². The van der Waals surface area contributed by atoms with Gasteiger partial charge in [0.2, 0.25) is 0 Å². The average Bonchev–Trinajstić information content (AvgIpc) is 3.00. The molecule has 1 aliphatic heterocycles. The summed E-state index contributed by atoms with van der Waals surface area (Å²) in [6.07, 6.45) is 0.662. The highest BCUT2D eigenvalue weighted by molar-refractivity contribution is 6.46. The zero-order chi connectivity index (χ0) is 23.6. The van der Waals surface area contributed by atoms with E-state index < -0.39 is 17.7 Å². The van der Waals surface area contributed by atoms with Crippen molar-refractivity contribution in [1.29, 1.82) is 0 Å². The number of amides is 1. The maximum Gasteiger partial charge on any atom is 0.295 e. The Morgan fingerprint density at radius 2 is 1.84 bits per heavy atom. The number of methoxy groups -OCH3 is 1. The molecule has 2 aromatic rings. The molecule has 0 saturated carbocycles. The second kappa shape index (κ2) is 9.44. The van der Waals surface area contributed by atoms with Crippen molar-refractivity contribution in [1.82, 2.24) is 9.80 Å². The zero-order valence-electron chi connectivity index (χ0n) is 19.2. The molecule has 170 valence electrons. The Morgan fingerprint density at radius 1 is 1.12 bits per heavy atom. The van der Waals surface area contributed by atoms with Crippen LogP contribution < -0.4 is 4.74 Å². The van der Waals surface area contributed by atoms with E-state index in [2.05, 4.69) is 0 Å². The number of aromatic hydroxyl groups is 1. The molecule has 1 heterocycles. The Balaban J connectivity index is 2.18. The standard InChI is InChI=1S/C25H30N2O5/c1-15-7-8-16(2)18(13-15)23(29)21-22(17-9-10-19(28)20(14-17)32-5)27(25(31)24(21)30)12-6-11-26(3)4/h7-10,13-14,22,28-29H,6,11-12H2,1-5H3/b23-21-. The molecule has 0 bridgehead atoms. The number of aryl methyl sites for hydroxylation is 2. The number of Topliss-reactive ketones (excluding diaryl/α,β-unsaturated/α-hetero) is 1. The minimum absolute atomic E-state index is 0.0429. The van der Waals surface area contributed by atoms with Gasteiger partial charge in [-0.3, -0.25) is 9.59 Å². The monoisotopic (exact) mass is 438 g/mol. The number of carbonyl (C=O) groups is 2. The van der Waals surface area contributed by atoms with Gasteiger partial charge >= 0.3 is 0 Å². The van der Waals surface area contributed by atoms with Gasteiger partial charge < -0.3 is 24.7 Å². The number of benzene rings is 2.